The number of aliphatic carboxylic acids is 1. The van der Waals surface area contributed by atoms with Crippen molar-refractivity contribution in [1.82, 2.24) is 4.98 Å². The van der Waals surface area contributed by atoms with Crippen molar-refractivity contribution in [3.8, 4) is 6.07 Å². The Morgan fingerprint density at radius 3 is 2.88 bits per heavy atom. The van der Waals surface area contributed by atoms with Gasteiger partial charge in [0.05, 0.1) is 10.6 Å². The Balaban J connectivity index is 3.18. The number of aromatic nitrogens is 1. The van der Waals surface area contributed by atoms with E-state index in [2.05, 4.69) is 4.98 Å². The van der Waals surface area contributed by atoms with Crippen LogP contribution in [0.25, 0.3) is 0 Å². The van der Waals surface area contributed by atoms with Crippen LogP contribution in [0.5, 0.6) is 0 Å². The molecular formula is C9H7FN2O3S. The van der Waals surface area contributed by atoms with Crippen molar-refractivity contribution in [2.75, 3.05) is 0 Å². The molecule has 0 saturated carbocycles. The molecule has 2 N–H and O–H groups in total. The van der Waals surface area contributed by atoms with Crippen LogP contribution in [-0.4, -0.2) is 21.6 Å². The third-order valence-corrected chi connectivity index (χ3v) is 2.68. The minimum atomic E-state index is -2.22. The molecule has 84 valence electrons. The van der Waals surface area contributed by atoms with Crippen LogP contribution >= 0.6 is 11.8 Å². The number of nitrogens with one attached hydrogen (secondary N) is 1. The number of nitrogens with zero attached hydrogens (tertiary/aromatic N) is 1. The zero-order valence-corrected chi connectivity index (χ0v) is 8.97. The molecule has 0 saturated heterocycles. The van der Waals surface area contributed by atoms with Crippen LogP contribution < -0.4 is 5.56 Å². The van der Waals surface area contributed by atoms with Gasteiger partial charge in [-0.2, -0.15) is 5.26 Å². The van der Waals surface area contributed by atoms with Crippen LogP contribution in [0.2, 0.25) is 0 Å². The van der Waals surface area contributed by atoms with Gasteiger partial charge < -0.3 is 10.1 Å². The van der Waals surface area contributed by atoms with Crippen LogP contribution in [0.15, 0.2) is 15.9 Å². The molecule has 1 unspecified atom stereocenters. The number of carboxylic acid groups (broad SMARTS) is 1. The molecule has 0 bridgehead atoms. The summed E-state index contributed by atoms with van der Waals surface area (Å²) in [7, 11) is 0. The van der Waals surface area contributed by atoms with Gasteiger partial charge in [0, 0.05) is 6.07 Å². The van der Waals surface area contributed by atoms with E-state index in [0.717, 1.165) is 0 Å². The normalized spacial score (nSPS) is 11.8. The Hall–Kier alpha value is -1.81. The molecule has 7 heteroatoms. The summed E-state index contributed by atoms with van der Waals surface area (Å²) in [6.45, 7) is 1.52. The van der Waals surface area contributed by atoms with E-state index in [9.17, 15) is 14.0 Å². The average molecular weight is 242 g/mol. The number of rotatable bonds is 3. The number of aromatic amines is 1. The Morgan fingerprint density at radius 2 is 2.38 bits per heavy atom. The molecule has 1 rings (SSSR count). The Labute approximate surface area is 93.9 Å². The lowest BCUT2D eigenvalue weighted by atomic mass is 10.2. The van der Waals surface area contributed by atoms with Gasteiger partial charge in [0.25, 0.3) is 0 Å². The number of aryl methyl sites for hydroxylation is 1. The average Bonchev–Trinajstić information content (AvgIpc) is 2.16. The van der Waals surface area contributed by atoms with E-state index in [-0.39, 0.29) is 22.4 Å². The fraction of sp³-hybridized carbons (Fsp3) is 0.222. The van der Waals surface area contributed by atoms with Crippen molar-refractivity contribution in [3.63, 3.8) is 0 Å². The number of thioether (sulfide) groups is 1. The molecule has 0 aliphatic carbocycles. The number of alkyl halides is 1. The standard InChI is InChI=1S/C9H7FN2O3S/c1-4-2-6(13)12-8(5(4)3-11)16-7(10)9(14)15/h2,7H,1H3,(H,12,13)(H,14,15). The summed E-state index contributed by atoms with van der Waals surface area (Å²) >= 11 is 0.287. The molecule has 16 heavy (non-hydrogen) atoms. The highest BCUT2D eigenvalue weighted by atomic mass is 32.2. The van der Waals surface area contributed by atoms with E-state index in [0.29, 0.717) is 5.56 Å². The fourth-order valence-corrected chi connectivity index (χ4v) is 1.83. The maximum atomic E-state index is 12.9. The maximum absolute atomic E-state index is 12.9. The number of pyridine rings is 1. The third-order valence-electron chi connectivity index (χ3n) is 1.73. The smallest absolute Gasteiger partial charge is 0.349 e. The molecule has 0 aliphatic rings. The number of carboxylic acids is 1. The molecular weight excluding hydrogens is 235 g/mol. The summed E-state index contributed by atoms with van der Waals surface area (Å²) in [6, 6.07) is 2.98. The molecule has 0 aliphatic heterocycles. The van der Waals surface area contributed by atoms with Gasteiger partial charge in [-0.1, -0.05) is 11.8 Å². The Kier molecular flexibility index (Phi) is 3.68. The van der Waals surface area contributed by atoms with Crippen LogP contribution in [0.3, 0.4) is 0 Å². The first-order valence-electron chi connectivity index (χ1n) is 4.13. The highest BCUT2D eigenvalue weighted by Gasteiger charge is 2.20. The number of nitriles is 1. The molecule has 1 aromatic rings. The second-order valence-electron chi connectivity index (χ2n) is 2.90. The van der Waals surface area contributed by atoms with E-state index < -0.39 is 17.0 Å². The Bertz CT molecular complexity index is 520. The largest absolute Gasteiger partial charge is 0.478 e. The highest BCUT2D eigenvalue weighted by molar-refractivity contribution is 8.00. The van der Waals surface area contributed by atoms with Crippen LogP contribution in [0.4, 0.5) is 4.39 Å². The fourth-order valence-electron chi connectivity index (χ4n) is 1.04. The van der Waals surface area contributed by atoms with E-state index in [1.54, 1.807) is 6.07 Å². The maximum Gasteiger partial charge on any atom is 0.349 e. The summed E-state index contributed by atoms with van der Waals surface area (Å²) in [5.41, 5.74) is -2.26. The topological polar surface area (TPSA) is 93.9 Å². The van der Waals surface area contributed by atoms with Crippen LogP contribution in [0, 0.1) is 18.3 Å². The molecule has 0 spiro atoms. The molecule has 0 radical (unpaired) electrons. The number of carbonyl (C=O) groups is 1. The van der Waals surface area contributed by atoms with E-state index in [1.807, 2.05) is 0 Å². The van der Waals surface area contributed by atoms with Crippen molar-refractivity contribution in [2.24, 2.45) is 0 Å². The van der Waals surface area contributed by atoms with Crippen molar-refractivity contribution >= 4 is 17.7 Å². The monoisotopic (exact) mass is 242 g/mol. The first-order chi connectivity index (χ1) is 7.45. The van der Waals surface area contributed by atoms with E-state index in [1.165, 1.54) is 13.0 Å². The van der Waals surface area contributed by atoms with Crippen molar-refractivity contribution in [1.29, 1.82) is 5.26 Å². The van der Waals surface area contributed by atoms with Crippen molar-refractivity contribution < 1.29 is 14.3 Å². The van der Waals surface area contributed by atoms with Gasteiger partial charge in [0.2, 0.25) is 11.1 Å². The molecule has 0 fully saturated rings. The molecule has 0 amide bonds. The van der Waals surface area contributed by atoms with Gasteiger partial charge in [-0.3, -0.25) is 4.79 Å². The number of hydrogen-bond donors (Lipinski definition) is 2. The van der Waals surface area contributed by atoms with E-state index >= 15 is 0 Å². The SMILES string of the molecule is Cc1cc(=O)[nH]c(SC(F)C(=O)O)c1C#N. The Morgan fingerprint density at radius 1 is 1.75 bits per heavy atom. The summed E-state index contributed by atoms with van der Waals surface area (Å²) in [5.74, 6) is -1.66. The van der Waals surface area contributed by atoms with Gasteiger partial charge in [-0.15, -0.1) is 0 Å². The van der Waals surface area contributed by atoms with E-state index in [4.69, 9.17) is 10.4 Å². The second kappa shape index (κ2) is 4.81. The van der Waals surface area contributed by atoms with Gasteiger partial charge in [-0.25, -0.2) is 9.18 Å². The zero-order valence-electron chi connectivity index (χ0n) is 8.15. The van der Waals surface area contributed by atoms with Gasteiger partial charge in [-0.05, 0) is 12.5 Å². The lowest BCUT2D eigenvalue weighted by molar-refractivity contribution is -0.139. The number of H-pyrrole nitrogens is 1. The van der Waals surface area contributed by atoms with Crippen molar-refractivity contribution in [2.45, 2.75) is 17.5 Å². The minimum Gasteiger partial charge on any atom is -0.478 e. The minimum absolute atomic E-state index is 0.0672. The number of hydrogen-bond acceptors (Lipinski definition) is 4. The predicted molar refractivity (Wildman–Crippen MR) is 54.9 cm³/mol. The van der Waals surface area contributed by atoms with Gasteiger partial charge >= 0.3 is 5.97 Å². The highest BCUT2D eigenvalue weighted by Crippen LogP contribution is 2.26. The predicted octanol–water partition coefficient (Wildman–Crippen LogP) is 1.03. The van der Waals surface area contributed by atoms with Crippen LogP contribution in [0.1, 0.15) is 11.1 Å². The van der Waals surface area contributed by atoms with Crippen LogP contribution in [-0.2, 0) is 4.79 Å². The summed E-state index contributed by atoms with van der Waals surface area (Å²) in [5, 5.41) is 17.1. The molecule has 0 aromatic carbocycles. The first kappa shape index (κ1) is 12.3. The molecule has 1 aromatic heterocycles. The first-order valence-corrected chi connectivity index (χ1v) is 5.01. The summed E-state index contributed by atoms with van der Waals surface area (Å²) in [4.78, 5) is 23.6. The summed E-state index contributed by atoms with van der Waals surface area (Å²) in [6.07, 6.45) is 0. The molecule has 1 atom stereocenters. The third kappa shape index (κ3) is 2.61. The second-order valence-corrected chi connectivity index (χ2v) is 3.96. The summed E-state index contributed by atoms with van der Waals surface area (Å²) < 4.78 is 12.9. The van der Waals surface area contributed by atoms with Gasteiger partial charge in [0.15, 0.2) is 0 Å². The number of halogens is 1. The zero-order chi connectivity index (χ0) is 12.3. The lowest BCUT2D eigenvalue weighted by Gasteiger charge is -2.06. The quantitative estimate of drug-likeness (QED) is 0.772. The molecule has 1 heterocycles. The van der Waals surface area contributed by atoms with Gasteiger partial charge in [0.1, 0.15) is 6.07 Å². The lowest BCUT2D eigenvalue weighted by Crippen LogP contribution is -2.14. The van der Waals surface area contributed by atoms with Crippen molar-refractivity contribution in [3.05, 3.63) is 27.5 Å². The molecule has 5 nitrogen and oxygen atoms in total.